The van der Waals surface area contributed by atoms with Crippen molar-refractivity contribution in [3.05, 3.63) is 59.8 Å². The van der Waals surface area contributed by atoms with Gasteiger partial charge in [-0.25, -0.2) is 19.3 Å². The van der Waals surface area contributed by atoms with E-state index < -0.39 is 0 Å². The molecule has 7 nitrogen and oxygen atoms in total. The summed E-state index contributed by atoms with van der Waals surface area (Å²) in [5, 5.41) is 1.52. The highest BCUT2D eigenvalue weighted by atomic mass is 19.1. The highest BCUT2D eigenvalue weighted by Crippen LogP contribution is 2.29. The number of hydrogen-bond donors (Lipinski definition) is 1. The monoisotopic (exact) mass is 420 g/mol. The molecule has 0 saturated carbocycles. The second-order valence-corrected chi connectivity index (χ2v) is 8.03. The molecule has 0 bridgehead atoms. The molecule has 0 spiro atoms. The molecule has 1 atom stereocenters. The van der Waals surface area contributed by atoms with Crippen molar-refractivity contribution in [2.75, 3.05) is 32.8 Å². The Kier molecular flexibility index (Phi) is 5.57. The summed E-state index contributed by atoms with van der Waals surface area (Å²) >= 11 is 0. The van der Waals surface area contributed by atoms with Crippen LogP contribution in [0.25, 0.3) is 21.9 Å². The smallest absolute Gasteiger partial charge is 0.180 e. The van der Waals surface area contributed by atoms with Crippen molar-refractivity contribution in [2.24, 2.45) is 0 Å². The summed E-state index contributed by atoms with van der Waals surface area (Å²) in [6, 6.07) is 7.64. The molecular weight excluding hydrogens is 395 g/mol. The van der Waals surface area contributed by atoms with Crippen molar-refractivity contribution in [1.82, 2.24) is 29.8 Å². The molecule has 4 aromatic rings. The minimum atomic E-state index is -0.242. The maximum Gasteiger partial charge on any atom is 0.180 e. The van der Waals surface area contributed by atoms with Crippen molar-refractivity contribution in [2.45, 2.75) is 25.7 Å². The van der Waals surface area contributed by atoms with Crippen LogP contribution in [0.5, 0.6) is 0 Å². The highest BCUT2D eigenvalue weighted by Gasteiger charge is 2.21. The normalized spacial score (nSPS) is 16.2. The SMILES string of the molecule is C[C@H](Cc1ncnc2nc[nH]c12)c1nc(CCN2CCOCC2)c2ccccc2c1F. The second kappa shape index (κ2) is 8.64. The molecule has 31 heavy (non-hydrogen) atoms. The Balaban J connectivity index is 1.47. The Labute approximate surface area is 179 Å². The molecule has 0 amide bonds. The molecule has 1 saturated heterocycles. The van der Waals surface area contributed by atoms with E-state index in [1.54, 1.807) is 6.33 Å². The van der Waals surface area contributed by atoms with Gasteiger partial charge >= 0.3 is 0 Å². The lowest BCUT2D eigenvalue weighted by Gasteiger charge is -2.26. The van der Waals surface area contributed by atoms with Gasteiger partial charge < -0.3 is 9.72 Å². The minimum absolute atomic E-state index is 0.145. The fraction of sp³-hybridized carbons (Fsp3) is 0.391. The first-order valence-electron chi connectivity index (χ1n) is 10.7. The quantitative estimate of drug-likeness (QED) is 0.516. The number of hydrogen-bond acceptors (Lipinski definition) is 6. The number of nitrogens with one attached hydrogen (secondary N) is 1. The summed E-state index contributed by atoms with van der Waals surface area (Å²) in [6.07, 6.45) is 4.43. The van der Waals surface area contributed by atoms with Crippen molar-refractivity contribution in [1.29, 1.82) is 0 Å². The van der Waals surface area contributed by atoms with Crippen molar-refractivity contribution < 1.29 is 9.13 Å². The van der Waals surface area contributed by atoms with Crippen LogP contribution in [0.4, 0.5) is 4.39 Å². The maximum atomic E-state index is 15.5. The first kappa shape index (κ1) is 20.0. The molecule has 160 valence electrons. The van der Waals surface area contributed by atoms with Crippen LogP contribution in [0.15, 0.2) is 36.9 Å². The van der Waals surface area contributed by atoms with E-state index in [4.69, 9.17) is 9.72 Å². The number of pyridine rings is 1. The van der Waals surface area contributed by atoms with Crippen LogP contribution in [-0.4, -0.2) is 62.7 Å². The molecule has 1 N–H and O–H groups in total. The first-order chi connectivity index (χ1) is 15.2. The molecule has 0 radical (unpaired) electrons. The van der Waals surface area contributed by atoms with Gasteiger partial charge in [0, 0.05) is 54.9 Å². The van der Waals surface area contributed by atoms with Gasteiger partial charge in [-0.3, -0.25) is 9.88 Å². The Morgan fingerprint density at radius 2 is 1.90 bits per heavy atom. The largest absolute Gasteiger partial charge is 0.379 e. The van der Waals surface area contributed by atoms with Gasteiger partial charge in [0.15, 0.2) is 11.5 Å². The zero-order chi connectivity index (χ0) is 21.2. The Morgan fingerprint density at radius 1 is 1.10 bits per heavy atom. The number of H-pyrrole nitrogens is 1. The molecule has 1 aromatic carbocycles. The van der Waals surface area contributed by atoms with Crippen molar-refractivity contribution in [3.63, 3.8) is 0 Å². The molecule has 0 aliphatic carbocycles. The number of benzene rings is 1. The predicted octanol–water partition coefficient (Wildman–Crippen LogP) is 3.26. The van der Waals surface area contributed by atoms with E-state index in [2.05, 4.69) is 24.8 Å². The topological polar surface area (TPSA) is 79.8 Å². The molecule has 1 aliphatic rings. The highest BCUT2D eigenvalue weighted by molar-refractivity contribution is 5.85. The van der Waals surface area contributed by atoms with E-state index in [0.29, 0.717) is 23.1 Å². The molecule has 3 aromatic heterocycles. The van der Waals surface area contributed by atoms with Gasteiger partial charge in [-0.05, 0) is 0 Å². The fourth-order valence-electron chi connectivity index (χ4n) is 4.28. The van der Waals surface area contributed by atoms with Crippen molar-refractivity contribution >= 4 is 21.9 Å². The number of nitrogens with zero attached hydrogens (tertiary/aromatic N) is 5. The number of aromatic nitrogens is 5. The predicted molar refractivity (Wildman–Crippen MR) is 116 cm³/mol. The van der Waals surface area contributed by atoms with Gasteiger partial charge in [-0.1, -0.05) is 31.2 Å². The summed E-state index contributed by atoms with van der Waals surface area (Å²) in [4.78, 5) is 23.1. The van der Waals surface area contributed by atoms with Crippen molar-refractivity contribution in [3.8, 4) is 0 Å². The van der Waals surface area contributed by atoms with E-state index in [9.17, 15) is 0 Å². The summed E-state index contributed by atoms with van der Waals surface area (Å²) in [5.41, 5.74) is 3.67. The van der Waals surface area contributed by atoms with Crippen LogP contribution in [0.2, 0.25) is 0 Å². The van der Waals surface area contributed by atoms with E-state index in [1.807, 2.05) is 31.2 Å². The Hall–Kier alpha value is -2.97. The number of imidazole rings is 1. The first-order valence-corrected chi connectivity index (χ1v) is 10.7. The van der Waals surface area contributed by atoms with Crippen LogP contribution >= 0.6 is 0 Å². The van der Waals surface area contributed by atoms with Gasteiger partial charge in [-0.2, -0.15) is 0 Å². The lowest BCUT2D eigenvalue weighted by atomic mass is 9.96. The fourth-order valence-corrected chi connectivity index (χ4v) is 4.28. The van der Waals surface area contributed by atoms with Crippen LogP contribution in [0.1, 0.15) is 29.9 Å². The van der Waals surface area contributed by atoms with Crippen LogP contribution in [0, 0.1) is 5.82 Å². The standard InChI is InChI=1S/C23H25FN6O/c1-15(12-19-22-23(27-13-25-19)28-14-26-22)21-20(24)17-5-3-2-4-16(17)18(29-21)6-7-30-8-10-31-11-9-30/h2-5,13-15H,6-12H2,1H3,(H,25,26,27,28)/t15-/m1/s1. The van der Waals surface area contributed by atoms with Crippen LogP contribution in [-0.2, 0) is 17.6 Å². The number of aromatic amines is 1. The van der Waals surface area contributed by atoms with E-state index in [-0.39, 0.29) is 11.7 Å². The lowest BCUT2D eigenvalue weighted by molar-refractivity contribution is 0.0384. The summed E-state index contributed by atoms with van der Waals surface area (Å²) in [6.45, 7) is 6.27. The maximum absolute atomic E-state index is 15.5. The summed E-state index contributed by atoms with van der Waals surface area (Å²) in [7, 11) is 0. The minimum Gasteiger partial charge on any atom is -0.379 e. The van der Waals surface area contributed by atoms with Gasteiger partial charge in [0.1, 0.15) is 11.8 Å². The van der Waals surface area contributed by atoms with Gasteiger partial charge in [-0.15, -0.1) is 0 Å². The summed E-state index contributed by atoms with van der Waals surface area (Å²) in [5.74, 6) is -0.388. The van der Waals surface area contributed by atoms with Gasteiger partial charge in [0.05, 0.1) is 30.9 Å². The molecule has 8 heteroatoms. The number of rotatable bonds is 6. The third-order valence-corrected chi connectivity index (χ3v) is 5.99. The van der Waals surface area contributed by atoms with E-state index in [0.717, 1.165) is 61.6 Å². The van der Waals surface area contributed by atoms with Crippen LogP contribution < -0.4 is 0 Å². The number of fused-ring (bicyclic) bond motifs is 2. The molecule has 1 aliphatic heterocycles. The average molecular weight is 420 g/mol. The molecule has 1 fully saturated rings. The molecule has 0 unspecified atom stereocenters. The average Bonchev–Trinajstić information content (AvgIpc) is 3.29. The van der Waals surface area contributed by atoms with Gasteiger partial charge in [0.2, 0.25) is 0 Å². The van der Waals surface area contributed by atoms with E-state index >= 15 is 4.39 Å². The Bertz CT molecular complexity index is 1200. The number of ether oxygens (including phenoxy) is 1. The Morgan fingerprint density at radius 3 is 2.74 bits per heavy atom. The lowest BCUT2D eigenvalue weighted by Crippen LogP contribution is -2.37. The number of halogens is 1. The molecule has 5 rings (SSSR count). The zero-order valence-electron chi connectivity index (χ0n) is 17.5. The zero-order valence-corrected chi connectivity index (χ0v) is 17.5. The second-order valence-electron chi connectivity index (χ2n) is 8.03. The third-order valence-electron chi connectivity index (χ3n) is 5.99. The summed E-state index contributed by atoms with van der Waals surface area (Å²) < 4.78 is 21.0. The van der Waals surface area contributed by atoms with Crippen LogP contribution in [0.3, 0.4) is 0 Å². The third kappa shape index (κ3) is 4.00. The number of morpholine rings is 1. The van der Waals surface area contributed by atoms with Gasteiger partial charge in [0.25, 0.3) is 0 Å². The van der Waals surface area contributed by atoms with E-state index in [1.165, 1.54) is 6.33 Å². The molecular formula is C23H25FN6O. The molecule has 4 heterocycles.